The first-order valence-corrected chi connectivity index (χ1v) is 12.2. The Morgan fingerprint density at radius 2 is 1.03 bits per heavy atom. The van der Waals surface area contributed by atoms with Gasteiger partial charge in [-0.3, -0.25) is 19.6 Å². The minimum absolute atomic E-state index is 0.0162. The molecule has 8 heteroatoms. The third-order valence-corrected chi connectivity index (χ3v) is 5.50. The molecule has 0 aliphatic carbocycles. The summed E-state index contributed by atoms with van der Waals surface area (Å²) >= 11 is 0. The maximum atomic E-state index is 12.3. The van der Waals surface area contributed by atoms with Gasteiger partial charge in [0.05, 0.1) is 11.4 Å². The molecule has 0 saturated carbocycles. The van der Waals surface area contributed by atoms with Crippen LogP contribution < -0.4 is 10.6 Å². The molecule has 0 radical (unpaired) electrons. The van der Waals surface area contributed by atoms with Crippen LogP contribution in [-0.4, -0.2) is 34.5 Å². The fraction of sp³-hybridized carbons (Fsp3) is 0.267. The Bertz CT molecular complexity index is 1290. The normalized spacial score (nSPS) is 12.2. The second kappa shape index (κ2) is 11.3. The molecule has 0 fully saturated rings. The van der Waals surface area contributed by atoms with Crippen molar-refractivity contribution in [2.75, 3.05) is 10.6 Å². The van der Waals surface area contributed by atoms with Crippen LogP contribution >= 0.6 is 0 Å². The Morgan fingerprint density at radius 1 is 0.658 bits per heavy atom. The van der Waals surface area contributed by atoms with E-state index in [0.29, 0.717) is 33.9 Å². The summed E-state index contributed by atoms with van der Waals surface area (Å²) < 4.78 is 0. The van der Waals surface area contributed by atoms with E-state index in [2.05, 4.69) is 20.6 Å². The van der Waals surface area contributed by atoms with E-state index in [1.807, 2.05) is 53.7 Å². The van der Waals surface area contributed by atoms with Crippen LogP contribution in [0.4, 0.5) is 22.7 Å². The van der Waals surface area contributed by atoms with Crippen molar-refractivity contribution in [3.05, 3.63) is 71.8 Å². The van der Waals surface area contributed by atoms with Crippen molar-refractivity contribution in [1.29, 1.82) is 0 Å². The number of para-hydroxylation sites is 2. The van der Waals surface area contributed by atoms with Crippen molar-refractivity contribution < 1.29 is 19.8 Å². The van der Waals surface area contributed by atoms with E-state index < -0.39 is 10.8 Å². The van der Waals surface area contributed by atoms with E-state index >= 15 is 0 Å². The summed E-state index contributed by atoms with van der Waals surface area (Å²) in [7, 11) is 0. The SMILES string of the molecule is CC(C)(C)C(=O)Nc1ccc(O)c(C=Nc2ccccc2N=Cc2cc(NC(=O)C(C)(C)C)ccc2O)c1. The Balaban J connectivity index is 1.84. The van der Waals surface area contributed by atoms with Gasteiger partial charge in [-0.1, -0.05) is 53.7 Å². The standard InChI is InChI=1S/C30H34N4O4/c1-29(2,3)27(37)33-21-11-13-25(35)19(15-21)17-31-23-9-7-8-10-24(23)32-18-20-16-22(12-14-26(20)36)34-28(38)30(4,5)6/h7-18,35-36H,1-6H3,(H,33,37)(H,34,38). The third kappa shape index (κ3) is 7.52. The molecule has 0 bridgehead atoms. The van der Waals surface area contributed by atoms with Gasteiger partial charge in [-0.2, -0.15) is 0 Å². The zero-order valence-corrected chi connectivity index (χ0v) is 22.5. The number of phenolic OH excluding ortho intramolecular Hbond substituents is 2. The maximum absolute atomic E-state index is 12.3. The van der Waals surface area contributed by atoms with Gasteiger partial charge in [-0.05, 0) is 48.5 Å². The third-order valence-electron chi connectivity index (χ3n) is 5.50. The minimum atomic E-state index is -0.560. The van der Waals surface area contributed by atoms with Gasteiger partial charge in [-0.25, -0.2) is 0 Å². The molecule has 0 aliphatic rings. The minimum Gasteiger partial charge on any atom is -0.507 e. The molecule has 3 aromatic carbocycles. The van der Waals surface area contributed by atoms with E-state index in [-0.39, 0.29) is 23.3 Å². The Kier molecular flexibility index (Phi) is 8.36. The summed E-state index contributed by atoms with van der Waals surface area (Å²) in [5, 5.41) is 26.3. The number of amides is 2. The maximum Gasteiger partial charge on any atom is 0.229 e. The number of rotatable bonds is 6. The highest BCUT2D eigenvalue weighted by atomic mass is 16.3. The first-order chi connectivity index (χ1) is 17.7. The van der Waals surface area contributed by atoms with Crippen molar-refractivity contribution in [3.63, 3.8) is 0 Å². The van der Waals surface area contributed by atoms with Crippen LogP contribution in [0.15, 0.2) is 70.6 Å². The molecule has 2 amide bonds. The molecule has 0 atom stereocenters. The number of hydrogen-bond acceptors (Lipinski definition) is 6. The van der Waals surface area contributed by atoms with Crippen molar-refractivity contribution in [2.45, 2.75) is 41.5 Å². The van der Waals surface area contributed by atoms with Crippen molar-refractivity contribution >= 4 is 47.0 Å². The number of carbonyl (C=O) groups excluding carboxylic acids is 2. The number of hydrogen-bond donors (Lipinski definition) is 4. The molecule has 0 spiro atoms. The number of aliphatic imine (C=N–C) groups is 2. The van der Waals surface area contributed by atoms with E-state index in [1.54, 1.807) is 36.4 Å². The number of phenols is 2. The number of benzene rings is 3. The summed E-state index contributed by atoms with van der Waals surface area (Å²) in [6.07, 6.45) is 2.99. The lowest BCUT2D eigenvalue weighted by Gasteiger charge is -2.18. The van der Waals surface area contributed by atoms with E-state index in [1.165, 1.54) is 24.6 Å². The average molecular weight is 515 g/mol. The Labute approximate surface area is 223 Å². The lowest BCUT2D eigenvalue weighted by Crippen LogP contribution is -2.27. The molecule has 0 heterocycles. The van der Waals surface area contributed by atoms with Crippen LogP contribution in [0.2, 0.25) is 0 Å². The van der Waals surface area contributed by atoms with E-state index in [0.717, 1.165) is 0 Å². The molecule has 0 saturated heterocycles. The first kappa shape index (κ1) is 28.1. The Morgan fingerprint density at radius 3 is 1.37 bits per heavy atom. The second-order valence-corrected chi connectivity index (χ2v) is 11.0. The highest BCUT2D eigenvalue weighted by Gasteiger charge is 2.22. The van der Waals surface area contributed by atoms with Crippen LogP contribution in [-0.2, 0) is 9.59 Å². The molecule has 4 N–H and O–H groups in total. The quantitative estimate of drug-likeness (QED) is 0.219. The predicted molar refractivity (Wildman–Crippen MR) is 153 cm³/mol. The van der Waals surface area contributed by atoms with Crippen LogP contribution in [0.3, 0.4) is 0 Å². The molecule has 3 rings (SSSR count). The number of nitrogens with one attached hydrogen (secondary N) is 2. The number of aromatic hydroxyl groups is 2. The molecule has 198 valence electrons. The zero-order valence-electron chi connectivity index (χ0n) is 22.5. The van der Waals surface area contributed by atoms with Gasteiger partial charge in [0, 0.05) is 45.8 Å². The monoisotopic (exact) mass is 514 g/mol. The lowest BCUT2D eigenvalue weighted by atomic mass is 9.95. The molecule has 0 unspecified atom stereocenters. The topological polar surface area (TPSA) is 123 Å². The smallest absolute Gasteiger partial charge is 0.229 e. The molecular formula is C30H34N4O4. The van der Waals surface area contributed by atoms with Gasteiger partial charge in [-0.15, -0.1) is 0 Å². The summed E-state index contributed by atoms with van der Waals surface area (Å²) in [4.78, 5) is 33.6. The molecule has 0 aliphatic heterocycles. The van der Waals surface area contributed by atoms with Crippen LogP contribution in [0.1, 0.15) is 52.7 Å². The van der Waals surface area contributed by atoms with Gasteiger partial charge in [0.25, 0.3) is 0 Å². The van der Waals surface area contributed by atoms with E-state index in [4.69, 9.17) is 0 Å². The van der Waals surface area contributed by atoms with Crippen LogP contribution in [0, 0.1) is 10.8 Å². The summed E-state index contributed by atoms with van der Waals surface area (Å²) in [5.74, 6) is -0.253. The van der Waals surface area contributed by atoms with Crippen molar-refractivity contribution in [3.8, 4) is 11.5 Å². The average Bonchev–Trinajstić information content (AvgIpc) is 2.84. The molecule has 8 nitrogen and oxygen atoms in total. The fourth-order valence-corrected chi connectivity index (χ4v) is 3.07. The van der Waals surface area contributed by atoms with Gasteiger partial charge < -0.3 is 20.8 Å². The summed E-state index contributed by atoms with van der Waals surface area (Å²) in [6, 6.07) is 16.7. The fourth-order valence-electron chi connectivity index (χ4n) is 3.07. The molecule has 0 aromatic heterocycles. The summed E-state index contributed by atoms with van der Waals surface area (Å²) in [6.45, 7) is 10.9. The van der Waals surface area contributed by atoms with Crippen LogP contribution in [0.5, 0.6) is 11.5 Å². The Hall–Kier alpha value is -4.46. The van der Waals surface area contributed by atoms with E-state index in [9.17, 15) is 19.8 Å². The van der Waals surface area contributed by atoms with Gasteiger partial charge >= 0.3 is 0 Å². The largest absolute Gasteiger partial charge is 0.507 e. The summed E-state index contributed by atoms with van der Waals surface area (Å²) in [5.41, 5.74) is 1.89. The number of carbonyl (C=O) groups is 2. The number of anilines is 2. The van der Waals surface area contributed by atoms with Crippen LogP contribution in [0.25, 0.3) is 0 Å². The highest BCUT2D eigenvalue weighted by molar-refractivity contribution is 5.97. The molecule has 38 heavy (non-hydrogen) atoms. The highest BCUT2D eigenvalue weighted by Crippen LogP contribution is 2.30. The zero-order chi connectivity index (χ0) is 28.1. The predicted octanol–water partition coefficient (Wildman–Crippen LogP) is 6.57. The molecule has 3 aromatic rings. The molecular weight excluding hydrogens is 480 g/mol. The first-order valence-electron chi connectivity index (χ1n) is 12.2. The van der Waals surface area contributed by atoms with Crippen molar-refractivity contribution in [1.82, 2.24) is 0 Å². The lowest BCUT2D eigenvalue weighted by molar-refractivity contribution is -0.123. The van der Waals surface area contributed by atoms with Gasteiger partial charge in [0.1, 0.15) is 11.5 Å². The van der Waals surface area contributed by atoms with Gasteiger partial charge in [0.15, 0.2) is 0 Å². The van der Waals surface area contributed by atoms with Crippen molar-refractivity contribution in [2.24, 2.45) is 20.8 Å². The second-order valence-electron chi connectivity index (χ2n) is 11.0. The van der Waals surface area contributed by atoms with Gasteiger partial charge in [0.2, 0.25) is 11.8 Å². The number of nitrogens with zero attached hydrogens (tertiary/aromatic N) is 2.